The highest BCUT2D eigenvalue weighted by Gasteiger charge is 2.36. The van der Waals surface area contributed by atoms with E-state index in [1.807, 2.05) is 0 Å². The number of hydrogen-bond donors (Lipinski definition) is 22. The van der Waals surface area contributed by atoms with Crippen LogP contribution in [0.3, 0.4) is 0 Å². The topological polar surface area (TPSA) is 638 Å². The highest BCUT2D eigenvalue weighted by Crippen LogP contribution is 2.13. The lowest BCUT2D eigenvalue weighted by Gasteiger charge is -2.27. The Morgan fingerprint density at radius 2 is 0.750 bits per heavy atom. The molecule has 0 aliphatic rings. The molecule has 40 heteroatoms. The minimum atomic E-state index is -1.99. The first-order chi connectivity index (χ1) is 46.5. The zero-order valence-corrected chi connectivity index (χ0v) is 58.7. The number of aliphatic hydroxyl groups is 1. The molecule has 100 heavy (non-hydrogen) atoms. The Bertz CT molecular complexity index is 2880. The average Bonchev–Trinajstić information content (AvgIpc) is 0.871. The van der Waals surface area contributed by atoms with Crippen molar-refractivity contribution in [3.05, 3.63) is 0 Å². The fourth-order valence-corrected chi connectivity index (χ4v) is 9.27. The SMILES string of the molecule is CC(C)C[C@H](NC(=O)[C@H](CC(C)C)NC(=O)[C@@H](NC(=O)CNC(=O)CNC(=O)[C@H](CCC(=O)O)NC(=O)[C@H](CO)NC(=O)[C@H](CCC(=O)O)NC(=O)[C@H](CS)NC(=O)[C@H](C)NC(=O)[C@H](CC(C)C)NC(=O)[C@H](CCCN=C(N)N)NC(=O)[C@H](C)NC(=O)[C@@H](N)CCC(=O)O)C(C)C)C(=O)O. The van der Waals surface area contributed by atoms with Gasteiger partial charge in [0.2, 0.25) is 76.8 Å². The van der Waals surface area contributed by atoms with Crippen LogP contribution in [-0.2, 0) is 81.5 Å². The average molecular weight is 1450 g/mol. The molecule has 0 rings (SSSR count). The Labute approximate surface area is 583 Å². The van der Waals surface area contributed by atoms with Crippen molar-refractivity contribution in [2.75, 3.05) is 32.0 Å². The molecule has 0 heterocycles. The van der Waals surface area contributed by atoms with Crippen molar-refractivity contribution >= 4 is 119 Å². The van der Waals surface area contributed by atoms with Gasteiger partial charge in [-0.15, -0.1) is 0 Å². The molecule has 0 radical (unpaired) electrons. The maximum absolute atomic E-state index is 13.9. The highest BCUT2D eigenvalue weighted by atomic mass is 32.1. The number of carboxylic acid groups (broad SMARTS) is 4. The van der Waals surface area contributed by atoms with Crippen molar-refractivity contribution < 1.29 is 107 Å². The van der Waals surface area contributed by atoms with Crippen molar-refractivity contribution in [3.8, 4) is 0 Å². The maximum atomic E-state index is 13.9. The zero-order valence-electron chi connectivity index (χ0n) is 57.9. The minimum absolute atomic E-state index is 0.00677. The first kappa shape index (κ1) is 90.5. The first-order valence-corrected chi connectivity index (χ1v) is 33.0. The van der Waals surface area contributed by atoms with Gasteiger partial charge in [0, 0.05) is 31.6 Å². The van der Waals surface area contributed by atoms with Crippen molar-refractivity contribution in [2.45, 2.75) is 212 Å². The van der Waals surface area contributed by atoms with Gasteiger partial charge in [0.05, 0.1) is 25.7 Å². The van der Waals surface area contributed by atoms with Crippen LogP contribution in [0.15, 0.2) is 4.99 Å². The summed E-state index contributed by atoms with van der Waals surface area (Å²) in [5.74, 6) is -20.2. The zero-order chi connectivity index (χ0) is 76.8. The van der Waals surface area contributed by atoms with Gasteiger partial charge in [-0.05, 0) is 88.9 Å². The quantitative estimate of drug-likeness (QED) is 0.0117. The second-order valence-corrected chi connectivity index (χ2v) is 25.5. The number of rotatable bonds is 49. The third-order valence-corrected chi connectivity index (χ3v) is 14.8. The number of amides is 13. The van der Waals surface area contributed by atoms with Crippen LogP contribution in [0, 0.1) is 23.7 Å². The first-order valence-electron chi connectivity index (χ1n) is 32.3. The Morgan fingerprint density at radius 1 is 0.390 bits per heavy atom. The number of carbonyl (C=O) groups excluding carboxylic acids is 13. The van der Waals surface area contributed by atoms with Gasteiger partial charge >= 0.3 is 23.9 Å². The molecule has 0 saturated heterocycles. The van der Waals surface area contributed by atoms with Crippen molar-refractivity contribution in [3.63, 3.8) is 0 Å². The molecule has 0 spiro atoms. The molecule has 566 valence electrons. The molecule has 0 fully saturated rings. The molecule has 13 amide bonds. The monoisotopic (exact) mass is 1450 g/mol. The second-order valence-electron chi connectivity index (χ2n) is 25.2. The lowest BCUT2D eigenvalue weighted by molar-refractivity contribution is -0.143. The Balaban J connectivity index is 6.21. The van der Waals surface area contributed by atoms with Gasteiger partial charge in [0.1, 0.15) is 66.5 Å². The number of nitrogens with zero attached hydrogens (tertiary/aromatic N) is 1. The number of nitrogens with two attached hydrogens (primary N) is 3. The van der Waals surface area contributed by atoms with E-state index in [0.29, 0.717) is 0 Å². The lowest BCUT2D eigenvalue weighted by atomic mass is 9.99. The van der Waals surface area contributed by atoms with Crippen molar-refractivity contribution in [2.24, 2.45) is 45.9 Å². The van der Waals surface area contributed by atoms with E-state index in [2.05, 4.69) is 86.7 Å². The summed E-state index contributed by atoms with van der Waals surface area (Å²) in [5, 5.41) is 78.2. The second kappa shape index (κ2) is 46.7. The minimum Gasteiger partial charge on any atom is -0.481 e. The standard InChI is InChI=1S/C60H103N17O22S/c1-27(2)20-37(72-52(91)34(12-11-19-64-60(62)63)69-48(87)31(9)67-50(89)33(61)13-16-44(81)82)54(93)68-32(10)49(88)76-41(26-100)57(96)71-36(15-18-46(85)86)53(92)75-40(25-78)56(95)70-35(14-17-45(83)84)51(90)66-23-42(79)65-24-43(80)77-47(30(7)8)58(97)73-38(21-28(3)4)55(94)74-39(59(98)99)22-29(5)6/h27-41,47,78,100H,11-26,61H2,1-10H3,(H,65,79)(H,66,90)(H,67,89)(H,68,93)(H,69,87)(H,70,95)(H,71,96)(H,72,91)(H,73,97)(H,74,94)(H,75,92)(H,76,88)(H,77,80)(H,81,82)(H,83,84)(H,85,86)(H,98,99)(H4,62,63,64)/t31-,32-,33-,34-,35-,36-,37-,38-,39-,40-,41-,47-/m0/s1. The smallest absolute Gasteiger partial charge is 0.326 e. The van der Waals surface area contributed by atoms with E-state index in [1.54, 1.807) is 55.4 Å². The van der Waals surface area contributed by atoms with Crippen LogP contribution in [0.2, 0.25) is 0 Å². The maximum Gasteiger partial charge on any atom is 0.326 e. The molecular formula is C60H103N17O22S. The van der Waals surface area contributed by atoms with E-state index in [9.17, 15) is 102 Å². The Morgan fingerprint density at radius 3 is 1.20 bits per heavy atom. The summed E-state index contributed by atoms with van der Waals surface area (Å²) in [6.45, 7) is 13.3. The van der Waals surface area contributed by atoms with E-state index in [1.165, 1.54) is 13.8 Å². The van der Waals surface area contributed by atoms with Crippen LogP contribution in [0.25, 0.3) is 0 Å². The van der Waals surface area contributed by atoms with Gasteiger partial charge in [-0.25, -0.2) is 4.79 Å². The van der Waals surface area contributed by atoms with Gasteiger partial charge in [0.25, 0.3) is 0 Å². The Hall–Kier alpha value is -9.47. The van der Waals surface area contributed by atoms with Crippen LogP contribution in [-0.4, -0.2) is 237 Å². The number of aliphatic carboxylic acids is 4. The van der Waals surface area contributed by atoms with Gasteiger partial charge in [-0.2, -0.15) is 12.6 Å². The van der Waals surface area contributed by atoms with E-state index in [4.69, 9.17) is 22.3 Å². The van der Waals surface area contributed by atoms with Gasteiger partial charge in [-0.3, -0.25) is 81.7 Å². The fraction of sp³-hybridized carbons (Fsp3) is 0.700. The summed E-state index contributed by atoms with van der Waals surface area (Å²) in [5.41, 5.74) is 16.6. The number of guanidine groups is 1. The fourth-order valence-electron chi connectivity index (χ4n) is 9.02. The lowest BCUT2D eigenvalue weighted by Crippen LogP contribution is -2.60. The number of nitrogens with one attached hydrogen (secondary N) is 13. The molecule has 0 aliphatic carbocycles. The molecule has 0 bridgehead atoms. The van der Waals surface area contributed by atoms with Crippen molar-refractivity contribution in [1.29, 1.82) is 0 Å². The van der Waals surface area contributed by atoms with E-state index < -0.39 is 237 Å². The molecule has 0 aromatic carbocycles. The molecule has 39 nitrogen and oxygen atoms in total. The van der Waals surface area contributed by atoms with Crippen molar-refractivity contribution in [1.82, 2.24) is 69.1 Å². The van der Waals surface area contributed by atoms with Gasteiger partial charge in [-0.1, -0.05) is 55.4 Å². The molecule has 12 atom stereocenters. The normalized spacial score (nSPS) is 14.7. The Kier molecular flexibility index (Phi) is 42.3. The van der Waals surface area contributed by atoms with Gasteiger partial charge < -0.3 is 112 Å². The number of carboxylic acids is 4. The van der Waals surface area contributed by atoms with Crippen LogP contribution in [0.5, 0.6) is 0 Å². The molecule has 24 N–H and O–H groups in total. The van der Waals surface area contributed by atoms with E-state index in [0.717, 1.165) is 0 Å². The summed E-state index contributed by atoms with van der Waals surface area (Å²) in [6.07, 6.45) is -3.35. The summed E-state index contributed by atoms with van der Waals surface area (Å²) in [4.78, 5) is 224. The van der Waals surface area contributed by atoms with E-state index >= 15 is 0 Å². The number of carbonyl (C=O) groups is 17. The predicted molar refractivity (Wildman–Crippen MR) is 359 cm³/mol. The number of hydrogen-bond acceptors (Lipinski definition) is 21. The summed E-state index contributed by atoms with van der Waals surface area (Å²) in [6, 6.07) is -17.8. The summed E-state index contributed by atoms with van der Waals surface area (Å²) in [7, 11) is 0. The molecule has 0 aromatic heterocycles. The van der Waals surface area contributed by atoms with E-state index in [-0.39, 0.29) is 68.8 Å². The highest BCUT2D eigenvalue weighted by molar-refractivity contribution is 7.80. The van der Waals surface area contributed by atoms with Crippen LogP contribution in [0.4, 0.5) is 0 Å². The molecule has 0 aliphatic heterocycles. The molecule has 0 saturated carbocycles. The number of thiol groups is 1. The number of aliphatic hydroxyl groups excluding tert-OH is 1. The largest absolute Gasteiger partial charge is 0.481 e. The van der Waals surface area contributed by atoms with Crippen LogP contribution < -0.4 is 86.3 Å². The molecule has 0 unspecified atom stereocenters. The third kappa shape index (κ3) is 37.5. The van der Waals surface area contributed by atoms with Crippen LogP contribution in [0.1, 0.15) is 140 Å². The molecular weight excluding hydrogens is 1340 g/mol. The van der Waals surface area contributed by atoms with Crippen LogP contribution >= 0.6 is 12.6 Å². The third-order valence-electron chi connectivity index (χ3n) is 14.4. The predicted octanol–water partition coefficient (Wildman–Crippen LogP) is -6.63. The molecule has 0 aromatic rings. The summed E-state index contributed by atoms with van der Waals surface area (Å²) >= 11 is 4.12. The summed E-state index contributed by atoms with van der Waals surface area (Å²) < 4.78 is 0. The number of aliphatic imine (C=N–C) groups is 1. The van der Waals surface area contributed by atoms with Gasteiger partial charge in [0.15, 0.2) is 5.96 Å².